The molecule has 1 aromatic rings. The third-order valence-corrected chi connectivity index (χ3v) is 1.53. The van der Waals surface area contributed by atoms with Gasteiger partial charge in [0.2, 0.25) is 5.91 Å². The SMILES string of the molecule is CC(CC(=O)NN)n1cncn1. The van der Waals surface area contributed by atoms with E-state index in [1.54, 1.807) is 11.0 Å². The minimum atomic E-state index is -0.210. The zero-order chi connectivity index (χ0) is 8.97. The Morgan fingerprint density at radius 1 is 1.83 bits per heavy atom. The maximum absolute atomic E-state index is 10.8. The summed E-state index contributed by atoms with van der Waals surface area (Å²) in [6.07, 6.45) is 3.30. The number of rotatable bonds is 3. The molecule has 3 N–H and O–H groups in total. The van der Waals surface area contributed by atoms with Gasteiger partial charge in [0, 0.05) is 0 Å². The fourth-order valence-corrected chi connectivity index (χ4v) is 0.866. The molecule has 1 rings (SSSR count). The number of hydrogen-bond acceptors (Lipinski definition) is 4. The van der Waals surface area contributed by atoms with Crippen molar-refractivity contribution in [2.24, 2.45) is 5.84 Å². The number of amides is 1. The fourth-order valence-electron chi connectivity index (χ4n) is 0.866. The molecule has 1 aromatic heterocycles. The van der Waals surface area contributed by atoms with Crippen LogP contribution in [0, 0.1) is 0 Å². The number of aromatic nitrogens is 3. The van der Waals surface area contributed by atoms with Crippen LogP contribution < -0.4 is 11.3 Å². The zero-order valence-corrected chi connectivity index (χ0v) is 6.77. The highest BCUT2D eigenvalue weighted by molar-refractivity contribution is 5.75. The lowest BCUT2D eigenvalue weighted by Crippen LogP contribution is -2.31. The van der Waals surface area contributed by atoms with Gasteiger partial charge >= 0.3 is 0 Å². The molecule has 0 saturated carbocycles. The number of hydrogen-bond donors (Lipinski definition) is 2. The largest absolute Gasteiger partial charge is 0.294 e. The number of nitrogens with zero attached hydrogens (tertiary/aromatic N) is 3. The maximum atomic E-state index is 10.8. The minimum Gasteiger partial charge on any atom is -0.294 e. The molecule has 1 unspecified atom stereocenters. The first-order chi connectivity index (χ1) is 5.74. The summed E-state index contributed by atoms with van der Waals surface area (Å²) in [7, 11) is 0. The lowest BCUT2D eigenvalue weighted by Gasteiger charge is -2.08. The maximum Gasteiger partial charge on any atom is 0.236 e. The third-order valence-electron chi connectivity index (χ3n) is 1.53. The molecule has 0 aromatic carbocycles. The summed E-state index contributed by atoms with van der Waals surface area (Å²) in [5.74, 6) is 4.72. The van der Waals surface area contributed by atoms with Crippen molar-refractivity contribution in [2.45, 2.75) is 19.4 Å². The molecular weight excluding hydrogens is 158 g/mol. The Kier molecular flexibility index (Phi) is 2.76. The van der Waals surface area contributed by atoms with Crippen molar-refractivity contribution in [3.63, 3.8) is 0 Å². The first-order valence-corrected chi connectivity index (χ1v) is 3.57. The van der Waals surface area contributed by atoms with Crippen LogP contribution in [0.1, 0.15) is 19.4 Å². The van der Waals surface area contributed by atoms with Crippen molar-refractivity contribution in [2.75, 3.05) is 0 Å². The molecule has 0 aliphatic carbocycles. The summed E-state index contributed by atoms with van der Waals surface area (Å²) in [5.41, 5.74) is 2.06. The number of nitrogens with one attached hydrogen (secondary N) is 1. The van der Waals surface area contributed by atoms with Gasteiger partial charge < -0.3 is 0 Å². The highest BCUT2D eigenvalue weighted by Crippen LogP contribution is 2.06. The molecule has 0 spiro atoms. The minimum absolute atomic E-state index is 0.0175. The van der Waals surface area contributed by atoms with Crippen LogP contribution in [0.25, 0.3) is 0 Å². The number of nitrogens with two attached hydrogens (primary N) is 1. The third kappa shape index (κ3) is 2.03. The fraction of sp³-hybridized carbons (Fsp3) is 0.500. The van der Waals surface area contributed by atoms with Crippen LogP contribution in [0.4, 0.5) is 0 Å². The van der Waals surface area contributed by atoms with Gasteiger partial charge in [-0.3, -0.25) is 10.2 Å². The molecule has 0 aliphatic heterocycles. The molecule has 6 nitrogen and oxygen atoms in total. The Morgan fingerprint density at radius 3 is 3.08 bits per heavy atom. The smallest absolute Gasteiger partial charge is 0.236 e. The quantitative estimate of drug-likeness (QED) is 0.353. The Balaban J connectivity index is 2.49. The van der Waals surface area contributed by atoms with Gasteiger partial charge in [-0.1, -0.05) is 0 Å². The van der Waals surface area contributed by atoms with Gasteiger partial charge in [-0.05, 0) is 6.92 Å². The monoisotopic (exact) mass is 169 g/mol. The van der Waals surface area contributed by atoms with Gasteiger partial charge in [-0.25, -0.2) is 15.5 Å². The summed E-state index contributed by atoms with van der Waals surface area (Å²) in [5, 5.41) is 3.89. The molecule has 0 aliphatic rings. The van der Waals surface area contributed by atoms with E-state index in [0.717, 1.165) is 0 Å². The van der Waals surface area contributed by atoms with Crippen molar-refractivity contribution in [3.05, 3.63) is 12.7 Å². The molecule has 12 heavy (non-hydrogen) atoms. The van der Waals surface area contributed by atoms with E-state index >= 15 is 0 Å². The second-order valence-corrected chi connectivity index (χ2v) is 2.50. The standard InChI is InChI=1S/C6H11N5O/c1-5(2-6(12)10-7)11-4-8-3-9-11/h3-5H,2,7H2,1H3,(H,10,12). The molecule has 1 atom stereocenters. The summed E-state index contributed by atoms with van der Waals surface area (Å²) >= 11 is 0. The average Bonchev–Trinajstić information content (AvgIpc) is 2.56. The van der Waals surface area contributed by atoms with E-state index in [2.05, 4.69) is 15.5 Å². The van der Waals surface area contributed by atoms with E-state index in [-0.39, 0.29) is 11.9 Å². The van der Waals surface area contributed by atoms with Crippen LogP contribution >= 0.6 is 0 Å². The molecule has 1 heterocycles. The first-order valence-electron chi connectivity index (χ1n) is 3.57. The van der Waals surface area contributed by atoms with E-state index in [1.807, 2.05) is 6.92 Å². The predicted octanol–water partition coefficient (Wildman–Crippen LogP) is -0.781. The summed E-state index contributed by atoms with van der Waals surface area (Å²) in [4.78, 5) is 14.6. The number of carbonyl (C=O) groups excluding carboxylic acids is 1. The molecular formula is C6H11N5O. The van der Waals surface area contributed by atoms with Crippen LogP contribution in [-0.4, -0.2) is 20.7 Å². The second kappa shape index (κ2) is 3.82. The second-order valence-electron chi connectivity index (χ2n) is 2.50. The zero-order valence-electron chi connectivity index (χ0n) is 6.77. The van der Waals surface area contributed by atoms with Crippen molar-refractivity contribution in [1.29, 1.82) is 0 Å². The Labute approximate surface area is 69.7 Å². The van der Waals surface area contributed by atoms with Gasteiger partial charge in [-0.15, -0.1) is 0 Å². The Hall–Kier alpha value is -1.43. The number of carbonyl (C=O) groups is 1. The molecule has 66 valence electrons. The lowest BCUT2D eigenvalue weighted by molar-refractivity contribution is -0.121. The van der Waals surface area contributed by atoms with Crippen LogP contribution in [-0.2, 0) is 4.79 Å². The molecule has 0 fully saturated rings. The van der Waals surface area contributed by atoms with Crippen molar-refractivity contribution >= 4 is 5.91 Å². The van der Waals surface area contributed by atoms with Gasteiger partial charge in [0.25, 0.3) is 0 Å². The molecule has 0 saturated heterocycles. The van der Waals surface area contributed by atoms with Crippen LogP contribution in [0.5, 0.6) is 0 Å². The van der Waals surface area contributed by atoms with E-state index < -0.39 is 0 Å². The molecule has 1 amide bonds. The van der Waals surface area contributed by atoms with Crippen LogP contribution in [0.3, 0.4) is 0 Å². The van der Waals surface area contributed by atoms with Crippen LogP contribution in [0.15, 0.2) is 12.7 Å². The van der Waals surface area contributed by atoms with Crippen LogP contribution in [0.2, 0.25) is 0 Å². The van der Waals surface area contributed by atoms with E-state index in [4.69, 9.17) is 5.84 Å². The van der Waals surface area contributed by atoms with Gasteiger partial charge in [0.15, 0.2) is 0 Å². The predicted molar refractivity (Wildman–Crippen MR) is 41.7 cm³/mol. The van der Waals surface area contributed by atoms with Crippen molar-refractivity contribution in [3.8, 4) is 0 Å². The highest BCUT2D eigenvalue weighted by Gasteiger charge is 2.09. The summed E-state index contributed by atoms with van der Waals surface area (Å²) < 4.78 is 1.61. The normalized spacial score (nSPS) is 12.5. The highest BCUT2D eigenvalue weighted by atomic mass is 16.2. The first kappa shape index (κ1) is 8.66. The van der Waals surface area contributed by atoms with E-state index in [9.17, 15) is 4.79 Å². The average molecular weight is 169 g/mol. The molecule has 6 heteroatoms. The topological polar surface area (TPSA) is 85.8 Å². The van der Waals surface area contributed by atoms with Crippen molar-refractivity contribution < 1.29 is 4.79 Å². The lowest BCUT2D eigenvalue weighted by atomic mass is 10.2. The van der Waals surface area contributed by atoms with Gasteiger partial charge in [0.1, 0.15) is 12.7 Å². The summed E-state index contributed by atoms with van der Waals surface area (Å²) in [6, 6.07) is -0.0175. The van der Waals surface area contributed by atoms with Gasteiger partial charge in [0.05, 0.1) is 12.5 Å². The molecule has 0 radical (unpaired) electrons. The van der Waals surface area contributed by atoms with E-state index in [1.165, 1.54) is 6.33 Å². The Morgan fingerprint density at radius 2 is 2.58 bits per heavy atom. The van der Waals surface area contributed by atoms with Gasteiger partial charge in [-0.2, -0.15) is 5.10 Å². The summed E-state index contributed by atoms with van der Waals surface area (Å²) in [6.45, 7) is 1.86. The Bertz CT molecular complexity index is 244. The van der Waals surface area contributed by atoms with Crippen molar-refractivity contribution in [1.82, 2.24) is 20.2 Å². The van der Waals surface area contributed by atoms with E-state index in [0.29, 0.717) is 6.42 Å². The number of hydrazine groups is 1. The molecule has 0 bridgehead atoms.